The minimum Gasteiger partial charge on any atom is -0.375 e. The highest BCUT2D eigenvalue weighted by Crippen LogP contribution is 2.48. The van der Waals surface area contributed by atoms with E-state index in [1.165, 1.54) is 99.5 Å². The van der Waals surface area contributed by atoms with Crippen molar-refractivity contribution in [2.45, 2.75) is 0 Å². The van der Waals surface area contributed by atoms with Crippen LogP contribution in [0.4, 0.5) is 0 Å². The maximum absolute atomic E-state index is 2.67. The van der Waals surface area contributed by atoms with Crippen LogP contribution in [0.2, 0.25) is 0 Å². The molecule has 0 bridgehead atoms. The van der Waals surface area contributed by atoms with E-state index in [2.05, 4.69) is 186 Å². The summed E-state index contributed by atoms with van der Waals surface area (Å²) in [7, 11) is 0. The summed E-state index contributed by atoms with van der Waals surface area (Å²) in [5.41, 5.74) is 20.6. The van der Waals surface area contributed by atoms with E-state index in [9.17, 15) is 0 Å². The molecule has 0 aliphatic carbocycles. The molecule has 0 atom stereocenters. The molecule has 2 aliphatic heterocycles. The van der Waals surface area contributed by atoms with Crippen molar-refractivity contribution in [1.29, 1.82) is 0 Å². The lowest BCUT2D eigenvalue weighted by atomic mass is 9.45. The van der Waals surface area contributed by atoms with E-state index in [-0.39, 0.29) is 6.85 Å². The van der Waals surface area contributed by atoms with Gasteiger partial charge in [0.25, 0.3) is 0 Å². The molecule has 0 spiro atoms. The molecule has 0 N–H and O–H groups in total. The van der Waals surface area contributed by atoms with Gasteiger partial charge in [0.15, 0.2) is 0 Å². The van der Waals surface area contributed by atoms with Crippen LogP contribution >= 0.6 is 0 Å². The number of aromatic nitrogens is 1. The van der Waals surface area contributed by atoms with Gasteiger partial charge in [0.2, 0.25) is 0 Å². The molecule has 0 radical (unpaired) electrons. The quantitative estimate of drug-likeness (QED) is 0.170. The van der Waals surface area contributed by atoms with Crippen molar-refractivity contribution >= 4 is 39.6 Å². The average molecular weight is 632 g/mol. The van der Waals surface area contributed by atoms with Crippen LogP contribution in [0.1, 0.15) is 0 Å². The van der Waals surface area contributed by atoms with Gasteiger partial charge in [0.05, 0.1) is 0 Å². The van der Waals surface area contributed by atoms with Crippen LogP contribution in [0.3, 0.4) is 0 Å². The van der Waals surface area contributed by atoms with Crippen molar-refractivity contribution in [1.82, 2.24) is 4.48 Å². The van der Waals surface area contributed by atoms with E-state index in [0.717, 1.165) is 0 Å². The molecule has 11 rings (SSSR count). The fourth-order valence-electron chi connectivity index (χ4n) is 8.72. The molecule has 2 aliphatic rings. The molecule has 2 heteroatoms. The van der Waals surface area contributed by atoms with Gasteiger partial charge in [-0.25, -0.2) is 0 Å². The average Bonchev–Trinajstić information content (AvgIpc) is 3.53. The molecule has 9 aromatic rings. The second kappa shape index (κ2) is 10.6. The summed E-state index contributed by atoms with van der Waals surface area (Å²) in [5.74, 6) is 0. The predicted octanol–water partition coefficient (Wildman–Crippen LogP) is 11.1. The van der Waals surface area contributed by atoms with Crippen LogP contribution in [0, 0.1) is 0 Å². The first-order chi connectivity index (χ1) is 24.8. The summed E-state index contributed by atoms with van der Waals surface area (Å²) in [6.07, 6.45) is 0. The van der Waals surface area contributed by atoms with Crippen LogP contribution in [0.5, 0.6) is 0 Å². The van der Waals surface area contributed by atoms with E-state index in [1.807, 2.05) is 0 Å². The lowest BCUT2D eigenvalue weighted by molar-refractivity contribution is 1.31. The zero-order valence-corrected chi connectivity index (χ0v) is 27.3. The van der Waals surface area contributed by atoms with Crippen molar-refractivity contribution in [3.63, 3.8) is 0 Å². The van der Waals surface area contributed by atoms with E-state index in [4.69, 9.17) is 0 Å². The second-order valence-electron chi connectivity index (χ2n) is 13.7. The standard InChI is InChI=1S/C48H30BN/c1-4-13-31(14-5-1)34-19-12-20-35(25-34)36-23-24-40-42-27-38(33-17-8-3-9-18-33)29-44-43-28-37(32-15-6-2-7-16-32)26-41-39-21-10-11-22-45(39)49(46(40)30-36)50(47(41)43)48(42)44/h1-30H. The number of rotatable bonds is 4. The summed E-state index contributed by atoms with van der Waals surface area (Å²) < 4.78 is 2.67. The van der Waals surface area contributed by atoms with Crippen molar-refractivity contribution in [2.24, 2.45) is 0 Å². The van der Waals surface area contributed by atoms with Gasteiger partial charge in [-0.2, -0.15) is 0 Å². The van der Waals surface area contributed by atoms with Crippen LogP contribution in [0.15, 0.2) is 182 Å². The molecule has 0 saturated heterocycles. The molecule has 0 fully saturated rings. The van der Waals surface area contributed by atoms with Crippen molar-refractivity contribution in [3.05, 3.63) is 182 Å². The highest BCUT2D eigenvalue weighted by Gasteiger charge is 2.39. The van der Waals surface area contributed by atoms with E-state index in [1.54, 1.807) is 0 Å². The third-order valence-corrected chi connectivity index (χ3v) is 10.9. The minimum atomic E-state index is 0.0728. The first-order valence-electron chi connectivity index (χ1n) is 17.5. The van der Waals surface area contributed by atoms with Gasteiger partial charge in [-0.05, 0) is 96.9 Å². The minimum absolute atomic E-state index is 0.0728. The van der Waals surface area contributed by atoms with Crippen LogP contribution < -0.4 is 10.9 Å². The summed E-state index contributed by atoms with van der Waals surface area (Å²) in [4.78, 5) is 0. The summed E-state index contributed by atoms with van der Waals surface area (Å²) in [6.45, 7) is 0.0728. The first-order valence-corrected chi connectivity index (χ1v) is 17.5. The Morgan fingerprint density at radius 1 is 0.280 bits per heavy atom. The van der Waals surface area contributed by atoms with Gasteiger partial charge in [0, 0.05) is 32.9 Å². The monoisotopic (exact) mass is 631 g/mol. The Morgan fingerprint density at radius 3 is 1.34 bits per heavy atom. The number of fused-ring (bicyclic) bond motifs is 7. The molecule has 230 valence electrons. The van der Waals surface area contributed by atoms with E-state index >= 15 is 0 Å². The molecule has 50 heavy (non-hydrogen) atoms. The summed E-state index contributed by atoms with van der Waals surface area (Å²) in [5, 5.41) is 2.64. The fraction of sp³-hybridized carbons (Fsp3) is 0. The van der Waals surface area contributed by atoms with Crippen molar-refractivity contribution in [2.75, 3.05) is 0 Å². The SMILES string of the molecule is c1ccc(-c2cccc(-c3ccc4c(c3)B3c5ccccc5-c5cc(-c6ccccc6)cc6c7cc(-c8ccccc8)cc-4c7n3c56)c2)cc1. The first kappa shape index (κ1) is 27.6. The van der Waals surface area contributed by atoms with Crippen LogP contribution in [-0.2, 0) is 0 Å². The van der Waals surface area contributed by atoms with Gasteiger partial charge in [-0.3, -0.25) is 0 Å². The Balaban J connectivity index is 1.23. The maximum Gasteiger partial charge on any atom is 0.329 e. The smallest absolute Gasteiger partial charge is 0.329 e. The van der Waals surface area contributed by atoms with Crippen LogP contribution in [-0.4, -0.2) is 11.3 Å². The Bertz CT molecular complexity index is 2800. The molecular weight excluding hydrogens is 601 g/mol. The third-order valence-electron chi connectivity index (χ3n) is 10.9. The highest BCUT2D eigenvalue weighted by atomic mass is 14.9. The zero-order valence-electron chi connectivity index (χ0n) is 27.3. The third kappa shape index (κ3) is 3.97. The number of nitrogens with zero attached hydrogens (tertiary/aromatic N) is 1. The second-order valence-corrected chi connectivity index (χ2v) is 13.7. The van der Waals surface area contributed by atoms with Gasteiger partial charge in [-0.1, -0.05) is 152 Å². The number of hydrogen-bond donors (Lipinski definition) is 0. The highest BCUT2D eigenvalue weighted by molar-refractivity contribution is 6.88. The number of benzene rings is 8. The van der Waals surface area contributed by atoms with Crippen LogP contribution in [0.25, 0.3) is 88.6 Å². The lowest BCUT2D eigenvalue weighted by Crippen LogP contribution is -2.53. The van der Waals surface area contributed by atoms with Crippen molar-refractivity contribution in [3.8, 4) is 66.8 Å². The molecule has 0 amide bonds. The summed E-state index contributed by atoms with van der Waals surface area (Å²) in [6, 6.07) is 67.4. The van der Waals surface area contributed by atoms with Crippen molar-refractivity contribution < 1.29 is 0 Å². The van der Waals surface area contributed by atoms with E-state index < -0.39 is 0 Å². The predicted molar refractivity (Wildman–Crippen MR) is 212 cm³/mol. The molecule has 0 saturated carbocycles. The Kier molecular flexibility index (Phi) is 5.82. The zero-order chi connectivity index (χ0) is 32.8. The van der Waals surface area contributed by atoms with Gasteiger partial charge >= 0.3 is 6.85 Å². The molecule has 1 nitrogen and oxygen atoms in total. The number of hydrogen-bond acceptors (Lipinski definition) is 0. The molecular formula is C48H30BN. The molecule has 1 aromatic heterocycles. The largest absolute Gasteiger partial charge is 0.375 e. The Labute approximate surface area is 291 Å². The lowest BCUT2D eigenvalue weighted by Gasteiger charge is -2.33. The summed E-state index contributed by atoms with van der Waals surface area (Å²) >= 11 is 0. The maximum atomic E-state index is 2.67. The van der Waals surface area contributed by atoms with E-state index in [0.29, 0.717) is 0 Å². The molecule has 8 aromatic carbocycles. The molecule has 0 unspecified atom stereocenters. The topological polar surface area (TPSA) is 4.93 Å². The van der Waals surface area contributed by atoms with Gasteiger partial charge in [0.1, 0.15) is 0 Å². The van der Waals surface area contributed by atoms with Gasteiger partial charge in [-0.15, -0.1) is 0 Å². The molecule has 3 heterocycles. The fourth-order valence-corrected chi connectivity index (χ4v) is 8.72. The Morgan fingerprint density at radius 2 is 0.740 bits per heavy atom. The Hall–Kier alpha value is -6.38. The van der Waals surface area contributed by atoms with Gasteiger partial charge < -0.3 is 4.48 Å². The normalized spacial score (nSPS) is 12.4.